The lowest BCUT2D eigenvalue weighted by Gasteiger charge is -2.03. The van der Waals surface area contributed by atoms with Crippen LogP contribution in [0.1, 0.15) is 39.2 Å². The molecule has 0 amide bonds. The van der Waals surface area contributed by atoms with E-state index in [0.717, 1.165) is 0 Å². The molecule has 1 rings (SSSR count). The van der Waals surface area contributed by atoms with Crippen molar-refractivity contribution in [3.63, 3.8) is 0 Å². The van der Waals surface area contributed by atoms with Crippen molar-refractivity contribution in [3.8, 4) is 0 Å². The van der Waals surface area contributed by atoms with Gasteiger partial charge in [-0.25, -0.2) is 0 Å². The highest BCUT2D eigenvalue weighted by atomic mass is 14.0. The van der Waals surface area contributed by atoms with Gasteiger partial charge in [-0.1, -0.05) is 61.1 Å². The molecule has 1 unspecified atom stereocenters. The molecular formula is C16H22. The molecule has 0 fully saturated rings. The summed E-state index contributed by atoms with van der Waals surface area (Å²) < 4.78 is 0. The van der Waals surface area contributed by atoms with Crippen molar-refractivity contribution in [1.29, 1.82) is 0 Å². The van der Waals surface area contributed by atoms with Gasteiger partial charge >= 0.3 is 0 Å². The Morgan fingerprint density at radius 2 is 1.88 bits per heavy atom. The number of hydrogen-bond donors (Lipinski definition) is 0. The van der Waals surface area contributed by atoms with Gasteiger partial charge in [0.05, 0.1) is 0 Å². The largest absolute Gasteiger partial charge is 0.0859 e. The average molecular weight is 214 g/mol. The van der Waals surface area contributed by atoms with E-state index in [-0.39, 0.29) is 0 Å². The minimum absolute atomic E-state index is 0.649. The molecule has 0 saturated carbocycles. The maximum absolute atomic E-state index is 2.31. The molecule has 0 aliphatic heterocycles. The van der Waals surface area contributed by atoms with Crippen molar-refractivity contribution in [2.75, 3.05) is 0 Å². The lowest BCUT2D eigenvalue weighted by molar-refractivity contribution is 0.659. The Kier molecular flexibility index (Phi) is 5.63. The minimum atomic E-state index is 0.649. The van der Waals surface area contributed by atoms with Gasteiger partial charge in [-0.3, -0.25) is 0 Å². The zero-order chi connectivity index (χ0) is 11.8. The molecule has 0 saturated heterocycles. The van der Waals surface area contributed by atoms with E-state index in [2.05, 4.69) is 69.3 Å². The standard InChI is InChI=1S/C16H22/c1-14(2)8-7-9-15(3)12-13-16-10-5-4-6-11-16/h4-6,8,10-13,15H,7,9H2,1-3H3. The molecule has 0 bridgehead atoms. The monoisotopic (exact) mass is 214 g/mol. The van der Waals surface area contributed by atoms with Crippen LogP contribution in [0.15, 0.2) is 48.1 Å². The van der Waals surface area contributed by atoms with Crippen molar-refractivity contribution in [2.24, 2.45) is 5.92 Å². The second-order valence-corrected chi connectivity index (χ2v) is 4.61. The summed E-state index contributed by atoms with van der Waals surface area (Å²) in [6, 6.07) is 10.5. The Morgan fingerprint density at radius 1 is 1.19 bits per heavy atom. The van der Waals surface area contributed by atoms with Crippen LogP contribution in [0.2, 0.25) is 0 Å². The molecule has 86 valence electrons. The van der Waals surface area contributed by atoms with Crippen molar-refractivity contribution in [1.82, 2.24) is 0 Å². The zero-order valence-electron chi connectivity index (χ0n) is 10.6. The van der Waals surface area contributed by atoms with E-state index in [1.165, 1.54) is 24.0 Å². The van der Waals surface area contributed by atoms with E-state index in [9.17, 15) is 0 Å². The third kappa shape index (κ3) is 5.55. The lowest BCUT2D eigenvalue weighted by Crippen LogP contribution is -1.88. The van der Waals surface area contributed by atoms with Crippen LogP contribution in [0.5, 0.6) is 0 Å². The lowest BCUT2D eigenvalue weighted by atomic mass is 10.0. The molecule has 0 N–H and O–H groups in total. The number of benzene rings is 1. The Labute approximate surface area is 99.7 Å². The van der Waals surface area contributed by atoms with Gasteiger partial charge in [0.2, 0.25) is 0 Å². The van der Waals surface area contributed by atoms with Crippen LogP contribution in [0.3, 0.4) is 0 Å². The van der Waals surface area contributed by atoms with Gasteiger partial charge in [0.15, 0.2) is 0 Å². The van der Waals surface area contributed by atoms with Crippen LogP contribution < -0.4 is 0 Å². The van der Waals surface area contributed by atoms with Gasteiger partial charge in [-0.05, 0) is 38.2 Å². The SMILES string of the molecule is CC(C)=CCCC(C)C=Cc1ccccc1. The highest BCUT2D eigenvalue weighted by Gasteiger charge is 1.95. The van der Waals surface area contributed by atoms with Gasteiger partial charge in [0.25, 0.3) is 0 Å². The van der Waals surface area contributed by atoms with Crippen LogP contribution >= 0.6 is 0 Å². The summed E-state index contributed by atoms with van der Waals surface area (Å²) in [6.45, 7) is 6.59. The molecule has 0 aliphatic rings. The minimum Gasteiger partial charge on any atom is -0.0859 e. The second kappa shape index (κ2) is 7.05. The van der Waals surface area contributed by atoms with Gasteiger partial charge in [-0.2, -0.15) is 0 Å². The summed E-state index contributed by atoms with van der Waals surface area (Å²) in [5.74, 6) is 0.649. The van der Waals surface area contributed by atoms with E-state index in [0.29, 0.717) is 5.92 Å². The molecule has 1 aromatic carbocycles. The molecule has 0 radical (unpaired) electrons. The molecule has 0 heteroatoms. The maximum Gasteiger partial charge on any atom is -0.0256 e. The first-order valence-corrected chi connectivity index (χ1v) is 6.05. The molecule has 0 spiro atoms. The van der Waals surface area contributed by atoms with Gasteiger partial charge in [0, 0.05) is 0 Å². The van der Waals surface area contributed by atoms with E-state index in [1.54, 1.807) is 0 Å². The zero-order valence-corrected chi connectivity index (χ0v) is 10.6. The first-order chi connectivity index (χ1) is 7.68. The van der Waals surface area contributed by atoms with Crippen LogP contribution in [0, 0.1) is 5.92 Å². The van der Waals surface area contributed by atoms with Crippen molar-refractivity contribution < 1.29 is 0 Å². The second-order valence-electron chi connectivity index (χ2n) is 4.61. The van der Waals surface area contributed by atoms with Crippen molar-refractivity contribution in [2.45, 2.75) is 33.6 Å². The summed E-state index contributed by atoms with van der Waals surface area (Å²) >= 11 is 0. The molecule has 0 aliphatic carbocycles. The van der Waals surface area contributed by atoms with Crippen LogP contribution in [0.25, 0.3) is 6.08 Å². The number of hydrogen-bond acceptors (Lipinski definition) is 0. The molecule has 0 heterocycles. The van der Waals surface area contributed by atoms with E-state index in [4.69, 9.17) is 0 Å². The van der Waals surface area contributed by atoms with E-state index in [1.807, 2.05) is 0 Å². The molecule has 16 heavy (non-hydrogen) atoms. The predicted octanol–water partition coefficient (Wildman–Crippen LogP) is 5.08. The fraction of sp³-hybridized carbons (Fsp3) is 0.375. The topological polar surface area (TPSA) is 0 Å². The maximum atomic E-state index is 2.31. The number of allylic oxidation sites excluding steroid dienone is 3. The van der Waals surface area contributed by atoms with Crippen LogP contribution in [0.4, 0.5) is 0 Å². The Balaban J connectivity index is 2.37. The van der Waals surface area contributed by atoms with E-state index < -0.39 is 0 Å². The van der Waals surface area contributed by atoms with E-state index >= 15 is 0 Å². The van der Waals surface area contributed by atoms with Crippen molar-refractivity contribution >= 4 is 6.08 Å². The molecule has 0 aromatic heterocycles. The number of rotatable bonds is 5. The first kappa shape index (κ1) is 12.8. The fourth-order valence-corrected chi connectivity index (χ4v) is 1.57. The molecule has 0 nitrogen and oxygen atoms in total. The quantitative estimate of drug-likeness (QED) is 0.599. The average Bonchev–Trinajstić information content (AvgIpc) is 2.27. The summed E-state index contributed by atoms with van der Waals surface area (Å²) in [7, 11) is 0. The first-order valence-electron chi connectivity index (χ1n) is 6.05. The van der Waals surface area contributed by atoms with Gasteiger partial charge in [-0.15, -0.1) is 0 Å². The summed E-state index contributed by atoms with van der Waals surface area (Å²) in [6.07, 6.45) is 9.24. The Morgan fingerprint density at radius 3 is 2.50 bits per heavy atom. The summed E-state index contributed by atoms with van der Waals surface area (Å²) in [4.78, 5) is 0. The molecule has 1 atom stereocenters. The Hall–Kier alpha value is -1.30. The third-order valence-corrected chi connectivity index (χ3v) is 2.59. The van der Waals surface area contributed by atoms with Gasteiger partial charge < -0.3 is 0 Å². The predicted molar refractivity (Wildman–Crippen MR) is 73.3 cm³/mol. The highest BCUT2D eigenvalue weighted by Crippen LogP contribution is 2.11. The van der Waals surface area contributed by atoms with Crippen LogP contribution in [-0.2, 0) is 0 Å². The normalized spacial score (nSPS) is 12.7. The molecular weight excluding hydrogens is 192 g/mol. The third-order valence-electron chi connectivity index (χ3n) is 2.59. The molecule has 1 aromatic rings. The summed E-state index contributed by atoms with van der Waals surface area (Å²) in [5.41, 5.74) is 2.70. The Bertz CT molecular complexity index is 340. The fourth-order valence-electron chi connectivity index (χ4n) is 1.57. The highest BCUT2D eigenvalue weighted by molar-refractivity contribution is 5.48. The summed E-state index contributed by atoms with van der Waals surface area (Å²) in [5, 5.41) is 0. The van der Waals surface area contributed by atoms with Crippen molar-refractivity contribution in [3.05, 3.63) is 53.6 Å². The van der Waals surface area contributed by atoms with Crippen LogP contribution in [-0.4, -0.2) is 0 Å². The smallest absolute Gasteiger partial charge is 0.0256 e. The van der Waals surface area contributed by atoms with Gasteiger partial charge in [0.1, 0.15) is 0 Å².